The van der Waals surface area contributed by atoms with E-state index in [-0.39, 0.29) is 18.0 Å². The van der Waals surface area contributed by atoms with Crippen LogP contribution >= 0.6 is 0 Å². The van der Waals surface area contributed by atoms with Gasteiger partial charge >= 0.3 is 0 Å². The standard InChI is InChI=1S/C19H20N6O/c20-16-9-10-17(11-16)21-19(26)15-7-3-13(4-8-15)12-1-5-14(6-2-12)18-22-24-25-23-18/h1-8,16-17H,9-11,20H2,(H,21,26)(H,22,23,24,25)/t16-,17+/m1/s1. The first-order valence-corrected chi connectivity index (χ1v) is 8.70. The molecule has 1 aliphatic carbocycles. The third-order valence-electron chi connectivity index (χ3n) is 4.78. The van der Waals surface area contributed by atoms with Crippen LogP contribution in [0.4, 0.5) is 0 Å². The predicted octanol–water partition coefficient (Wildman–Crippen LogP) is 2.14. The van der Waals surface area contributed by atoms with Crippen molar-refractivity contribution < 1.29 is 4.79 Å². The number of nitrogens with one attached hydrogen (secondary N) is 2. The van der Waals surface area contributed by atoms with Gasteiger partial charge in [-0.25, -0.2) is 0 Å². The van der Waals surface area contributed by atoms with Gasteiger partial charge in [-0.05, 0) is 47.7 Å². The fourth-order valence-electron chi connectivity index (χ4n) is 3.33. The molecule has 0 aliphatic heterocycles. The Bertz CT molecular complexity index is 873. The highest BCUT2D eigenvalue weighted by Gasteiger charge is 2.23. The van der Waals surface area contributed by atoms with Gasteiger partial charge in [-0.2, -0.15) is 5.21 Å². The summed E-state index contributed by atoms with van der Waals surface area (Å²) in [6, 6.07) is 15.9. The molecule has 1 aromatic heterocycles. The summed E-state index contributed by atoms with van der Waals surface area (Å²) in [6.45, 7) is 0. The van der Waals surface area contributed by atoms with E-state index < -0.39 is 0 Å². The second-order valence-electron chi connectivity index (χ2n) is 6.63. The van der Waals surface area contributed by atoms with E-state index in [0.29, 0.717) is 11.4 Å². The van der Waals surface area contributed by atoms with E-state index in [1.165, 1.54) is 0 Å². The lowest BCUT2D eigenvalue weighted by Gasteiger charge is -2.12. The number of nitrogens with zero attached hydrogens (tertiary/aromatic N) is 3. The summed E-state index contributed by atoms with van der Waals surface area (Å²) in [5.41, 5.74) is 9.57. The lowest BCUT2D eigenvalue weighted by Crippen LogP contribution is -2.33. The molecule has 0 radical (unpaired) electrons. The van der Waals surface area contributed by atoms with Crippen LogP contribution in [0.5, 0.6) is 0 Å². The number of amides is 1. The van der Waals surface area contributed by atoms with Crippen LogP contribution in [0.15, 0.2) is 48.5 Å². The molecule has 7 nitrogen and oxygen atoms in total. The molecular weight excluding hydrogens is 328 g/mol. The van der Waals surface area contributed by atoms with Gasteiger partial charge in [0.15, 0.2) is 0 Å². The Morgan fingerprint density at radius 1 is 1.00 bits per heavy atom. The van der Waals surface area contributed by atoms with Crippen molar-refractivity contribution in [1.29, 1.82) is 0 Å². The van der Waals surface area contributed by atoms with Gasteiger partial charge in [0.1, 0.15) is 0 Å². The lowest BCUT2D eigenvalue weighted by atomic mass is 10.0. The van der Waals surface area contributed by atoms with Crippen molar-refractivity contribution in [3.05, 3.63) is 54.1 Å². The van der Waals surface area contributed by atoms with Crippen LogP contribution in [0.2, 0.25) is 0 Å². The van der Waals surface area contributed by atoms with Crippen molar-refractivity contribution >= 4 is 5.91 Å². The summed E-state index contributed by atoms with van der Waals surface area (Å²) < 4.78 is 0. The first-order chi connectivity index (χ1) is 12.7. The van der Waals surface area contributed by atoms with E-state index >= 15 is 0 Å². The Morgan fingerprint density at radius 3 is 2.23 bits per heavy atom. The van der Waals surface area contributed by atoms with Crippen LogP contribution in [0.3, 0.4) is 0 Å². The van der Waals surface area contributed by atoms with Gasteiger partial charge in [-0.3, -0.25) is 4.79 Å². The molecule has 1 amide bonds. The van der Waals surface area contributed by atoms with Crippen molar-refractivity contribution in [3.8, 4) is 22.5 Å². The first kappa shape index (κ1) is 16.4. The number of hydrogen-bond donors (Lipinski definition) is 3. The number of tetrazole rings is 1. The third kappa shape index (κ3) is 3.48. The lowest BCUT2D eigenvalue weighted by molar-refractivity contribution is 0.0937. The summed E-state index contributed by atoms with van der Waals surface area (Å²) in [6.07, 6.45) is 2.79. The van der Waals surface area contributed by atoms with E-state index in [1.54, 1.807) is 0 Å². The predicted molar refractivity (Wildman–Crippen MR) is 98.1 cm³/mol. The van der Waals surface area contributed by atoms with E-state index in [0.717, 1.165) is 36.0 Å². The number of nitrogens with two attached hydrogens (primary N) is 1. The molecule has 4 rings (SSSR count). The molecule has 0 spiro atoms. The molecule has 2 atom stereocenters. The third-order valence-corrected chi connectivity index (χ3v) is 4.78. The molecule has 3 aromatic rings. The molecule has 1 heterocycles. The largest absolute Gasteiger partial charge is 0.349 e. The quantitative estimate of drug-likeness (QED) is 0.669. The van der Waals surface area contributed by atoms with E-state index in [9.17, 15) is 4.79 Å². The number of rotatable bonds is 4. The van der Waals surface area contributed by atoms with Gasteiger partial charge < -0.3 is 11.1 Å². The van der Waals surface area contributed by atoms with Crippen LogP contribution < -0.4 is 11.1 Å². The zero-order valence-corrected chi connectivity index (χ0v) is 14.2. The average molecular weight is 348 g/mol. The van der Waals surface area contributed by atoms with Crippen LogP contribution in [-0.4, -0.2) is 38.6 Å². The number of benzene rings is 2. The maximum Gasteiger partial charge on any atom is 0.251 e. The summed E-state index contributed by atoms with van der Waals surface area (Å²) in [5, 5.41) is 17.0. The Balaban J connectivity index is 1.44. The highest BCUT2D eigenvalue weighted by Crippen LogP contribution is 2.23. The van der Waals surface area contributed by atoms with E-state index in [1.807, 2.05) is 48.5 Å². The minimum absolute atomic E-state index is 0.0388. The summed E-state index contributed by atoms with van der Waals surface area (Å²) in [7, 11) is 0. The second kappa shape index (κ2) is 7.05. The second-order valence-corrected chi connectivity index (χ2v) is 6.63. The van der Waals surface area contributed by atoms with Crippen LogP contribution in [0.25, 0.3) is 22.5 Å². The van der Waals surface area contributed by atoms with Crippen LogP contribution in [0.1, 0.15) is 29.6 Å². The molecule has 4 N–H and O–H groups in total. The Labute approximate surface area is 151 Å². The molecule has 2 aromatic carbocycles. The molecule has 0 saturated heterocycles. The number of H-pyrrole nitrogens is 1. The van der Waals surface area contributed by atoms with Gasteiger partial charge in [0.2, 0.25) is 5.82 Å². The Hall–Kier alpha value is -3.06. The molecule has 1 saturated carbocycles. The fourth-order valence-corrected chi connectivity index (χ4v) is 3.33. The molecule has 132 valence electrons. The Kier molecular flexibility index (Phi) is 4.45. The Morgan fingerprint density at radius 2 is 1.65 bits per heavy atom. The molecule has 0 bridgehead atoms. The van der Waals surface area contributed by atoms with Crippen LogP contribution in [-0.2, 0) is 0 Å². The zero-order chi connectivity index (χ0) is 17.9. The molecule has 1 fully saturated rings. The van der Waals surface area contributed by atoms with Gasteiger partial charge in [0, 0.05) is 23.2 Å². The van der Waals surface area contributed by atoms with E-state index in [4.69, 9.17) is 5.73 Å². The van der Waals surface area contributed by atoms with Crippen molar-refractivity contribution in [1.82, 2.24) is 25.9 Å². The smallest absolute Gasteiger partial charge is 0.251 e. The zero-order valence-electron chi connectivity index (χ0n) is 14.2. The number of aromatic nitrogens is 4. The minimum Gasteiger partial charge on any atom is -0.349 e. The normalized spacial score (nSPS) is 19.4. The first-order valence-electron chi connectivity index (χ1n) is 8.70. The molecule has 1 aliphatic rings. The number of aromatic amines is 1. The monoisotopic (exact) mass is 348 g/mol. The number of carbonyl (C=O) groups is 1. The van der Waals surface area contributed by atoms with Crippen molar-refractivity contribution in [2.45, 2.75) is 31.3 Å². The molecular formula is C19H20N6O. The summed E-state index contributed by atoms with van der Waals surface area (Å²) in [4.78, 5) is 12.4. The fraction of sp³-hybridized carbons (Fsp3) is 0.263. The van der Waals surface area contributed by atoms with Gasteiger partial charge in [0.25, 0.3) is 5.91 Å². The van der Waals surface area contributed by atoms with Gasteiger partial charge in [-0.15, -0.1) is 10.2 Å². The van der Waals surface area contributed by atoms with Crippen molar-refractivity contribution in [2.75, 3.05) is 0 Å². The minimum atomic E-state index is -0.0388. The van der Waals surface area contributed by atoms with Crippen LogP contribution in [0, 0.1) is 0 Å². The molecule has 26 heavy (non-hydrogen) atoms. The highest BCUT2D eigenvalue weighted by atomic mass is 16.1. The topological polar surface area (TPSA) is 110 Å². The maximum atomic E-state index is 12.4. The van der Waals surface area contributed by atoms with Crippen molar-refractivity contribution in [3.63, 3.8) is 0 Å². The molecule has 7 heteroatoms. The summed E-state index contributed by atoms with van der Waals surface area (Å²) in [5.74, 6) is 0.526. The van der Waals surface area contributed by atoms with Gasteiger partial charge in [-0.1, -0.05) is 36.4 Å². The average Bonchev–Trinajstić information content (AvgIpc) is 3.34. The van der Waals surface area contributed by atoms with Crippen molar-refractivity contribution in [2.24, 2.45) is 5.73 Å². The van der Waals surface area contributed by atoms with E-state index in [2.05, 4.69) is 25.9 Å². The number of carbonyl (C=O) groups excluding carboxylic acids is 1. The number of hydrogen-bond acceptors (Lipinski definition) is 5. The SMILES string of the molecule is N[C@@H]1CC[C@H](NC(=O)c2ccc(-c3ccc(-c4nn[nH]n4)cc3)cc2)C1. The summed E-state index contributed by atoms with van der Waals surface area (Å²) >= 11 is 0. The molecule has 0 unspecified atom stereocenters. The highest BCUT2D eigenvalue weighted by molar-refractivity contribution is 5.94. The maximum absolute atomic E-state index is 12.4. The van der Waals surface area contributed by atoms with Gasteiger partial charge in [0.05, 0.1) is 0 Å².